The number of rotatable bonds is 6. The van der Waals surface area contributed by atoms with Gasteiger partial charge in [0.2, 0.25) is 5.91 Å². The van der Waals surface area contributed by atoms with Gasteiger partial charge in [-0.15, -0.1) is 0 Å². The molecule has 1 aromatic rings. The van der Waals surface area contributed by atoms with Gasteiger partial charge in [-0.2, -0.15) is 11.8 Å². The van der Waals surface area contributed by atoms with Crippen LogP contribution in [-0.4, -0.2) is 52.7 Å². The van der Waals surface area contributed by atoms with Crippen LogP contribution in [0.1, 0.15) is 37.8 Å². The number of aromatic amines is 1. The number of nitrogens with zero attached hydrogens (tertiary/aromatic N) is 1. The molecule has 3 rings (SSSR count). The van der Waals surface area contributed by atoms with Gasteiger partial charge in [-0.1, -0.05) is 0 Å². The number of nitrogens with one attached hydrogen (secondary N) is 3. The molecule has 2 heterocycles. The summed E-state index contributed by atoms with van der Waals surface area (Å²) in [5, 5.41) is 6.67. The van der Waals surface area contributed by atoms with Crippen molar-refractivity contribution in [3.63, 3.8) is 0 Å². The van der Waals surface area contributed by atoms with E-state index in [-0.39, 0.29) is 30.0 Å². The van der Waals surface area contributed by atoms with E-state index in [4.69, 9.17) is 4.74 Å². The Morgan fingerprint density at radius 2 is 2.15 bits per heavy atom. The maximum Gasteiger partial charge on any atom is 0.250 e. The molecular weight excluding hydrogens is 352 g/mol. The van der Waals surface area contributed by atoms with Crippen LogP contribution in [0.4, 0.5) is 0 Å². The average molecular weight is 381 g/mol. The molecule has 7 nitrogen and oxygen atoms in total. The fraction of sp³-hybridized carbons (Fsp3) is 0.722. The number of amides is 1. The minimum Gasteiger partial charge on any atom is -0.380 e. The zero-order chi connectivity index (χ0) is 18.4. The summed E-state index contributed by atoms with van der Waals surface area (Å²) >= 11 is 2.03. The van der Waals surface area contributed by atoms with Crippen LogP contribution in [0, 0.1) is 5.92 Å². The third-order valence-electron chi connectivity index (χ3n) is 5.31. The number of methoxy groups -OCH3 is 1. The number of carbonyl (C=O) groups is 1. The molecule has 0 unspecified atom stereocenters. The summed E-state index contributed by atoms with van der Waals surface area (Å²) in [6, 6.07) is 2.31. The predicted octanol–water partition coefficient (Wildman–Crippen LogP) is 1.06. The number of hydrogen-bond donors (Lipinski definition) is 3. The summed E-state index contributed by atoms with van der Waals surface area (Å²) in [5.74, 6) is 2.41. The van der Waals surface area contributed by atoms with Gasteiger partial charge in [0.25, 0.3) is 5.56 Å². The lowest BCUT2D eigenvalue weighted by molar-refractivity contribution is -0.128. The van der Waals surface area contributed by atoms with Crippen LogP contribution in [0.25, 0.3) is 0 Å². The molecule has 1 amide bonds. The van der Waals surface area contributed by atoms with Crippen molar-refractivity contribution in [3.8, 4) is 0 Å². The molecule has 0 bridgehead atoms. The minimum absolute atomic E-state index is 0.0154. The standard InChI is InChI=1S/C18H28N4O3S/c1-25-16-8-12(2-3-15(16)22-13-4-6-26-7-5-13)18(24)19-10-14-9-17(23)21-11-20-14/h9,11-13,15-16,22H,2-8,10H2,1H3,(H,19,24)(H,20,21,23)/t12-,15+,16+/m0/s1. The Morgan fingerprint density at radius 3 is 2.88 bits per heavy atom. The first-order chi connectivity index (χ1) is 12.7. The first-order valence-electron chi connectivity index (χ1n) is 9.33. The molecule has 1 aromatic heterocycles. The third kappa shape index (κ3) is 5.31. The van der Waals surface area contributed by atoms with Gasteiger partial charge in [-0.25, -0.2) is 4.98 Å². The molecule has 0 aromatic carbocycles. The molecule has 0 spiro atoms. The highest BCUT2D eigenvalue weighted by molar-refractivity contribution is 7.99. The van der Waals surface area contributed by atoms with Gasteiger partial charge in [-0.3, -0.25) is 9.59 Å². The summed E-state index contributed by atoms with van der Waals surface area (Å²) in [4.78, 5) is 30.3. The van der Waals surface area contributed by atoms with Gasteiger partial charge in [-0.05, 0) is 43.6 Å². The molecule has 1 saturated carbocycles. The number of H-pyrrole nitrogens is 1. The number of aromatic nitrogens is 2. The van der Waals surface area contributed by atoms with Crippen molar-refractivity contribution in [1.82, 2.24) is 20.6 Å². The van der Waals surface area contributed by atoms with Crippen molar-refractivity contribution < 1.29 is 9.53 Å². The van der Waals surface area contributed by atoms with Gasteiger partial charge in [0.15, 0.2) is 0 Å². The second-order valence-electron chi connectivity index (χ2n) is 7.06. The maximum atomic E-state index is 12.5. The number of ether oxygens (including phenoxy) is 1. The lowest BCUT2D eigenvalue weighted by Crippen LogP contribution is -2.51. The van der Waals surface area contributed by atoms with Crippen LogP contribution < -0.4 is 16.2 Å². The molecule has 2 fully saturated rings. The Balaban J connectivity index is 1.49. The van der Waals surface area contributed by atoms with E-state index in [1.165, 1.54) is 36.7 Å². The van der Waals surface area contributed by atoms with Crippen LogP contribution in [0.3, 0.4) is 0 Å². The molecule has 1 aliphatic heterocycles. The molecule has 26 heavy (non-hydrogen) atoms. The largest absolute Gasteiger partial charge is 0.380 e. The molecular formula is C18H28N4O3S. The summed E-state index contributed by atoms with van der Waals surface area (Å²) in [6.45, 7) is 0.276. The third-order valence-corrected chi connectivity index (χ3v) is 6.36. The molecule has 144 valence electrons. The zero-order valence-corrected chi connectivity index (χ0v) is 16.0. The first-order valence-corrected chi connectivity index (χ1v) is 10.5. The summed E-state index contributed by atoms with van der Waals surface area (Å²) < 4.78 is 5.70. The van der Waals surface area contributed by atoms with Crippen molar-refractivity contribution in [2.24, 2.45) is 5.92 Å². The molecule has 3 N–H and O–H groups in total. The molecule has 1 saturated heterocycles. The van der Waals surface area contributed by atoms with Crippen LogP contribution >= 0.6 is 11.8 Å². The zero-order valence-electron chi connectivity index (χ0n) is 15.2. The number of hydrogen-bond acceptors (Lipinski definition) is 6. The van der Waals surface area contributed by atoms with E-state index in [0.717, 1.165) is 19.3 Å². The lowest BCUT2D eigenvalue weighted by atomic mass is 9.82. The van der Waals surface area contributed by atoms with Crippen LogP contribution in [0.2, 0.25) is 0 Å². The van der Waals surface area contributed by atoms with Crippen LogP contribution in [-0.2, 0) is 16.1 Å². The topological polar surface area (TPSA) is 96.1 Å². The molecule has 8 heteroatoms. The average Bonchev–Trinajstić information content (AvgIpc) is 2.67. The molecule has 2 aliphatic rings. The van der Waals surface area contributed by atoms with E-state index in [0.29, 0.717) is 17.8 Å². The van der Waals surface area contributed by atoms with E-state index >= 15 is 0 Å². The summed E-state index contributed by atoms with van der Waals surface area (Å²) in [6.07, 6.45) is 6.37. The first kappa shape index (κ1) is 19.4. The van der Waals surface area contributed by atoms with E-state index in [2.05, 4.69) is 20.6 Å². The second-order valence-corrected chi connectivity index (χ2v) is 8.29. The Hall–Kier alpha value is -1.38. The van der Waals surface area contributed by atoms with Gasteiger partial charge in [0, 0.05) is 31.2 Å². The Kier molecular flexibility index (Phi) is 7.10. The van der Waals surface area contributed by atoms with E-state index in [1.54, 1.807) is 7.11 Å². The molecule has 3 atom stereocenters. The van der Waals surface area contributed by atoms with Gasteiger partial charge in [0.05, 0.1) is 24.7 Å². The monoisotopic (exact) mass is 380 g/mol. The van der Waals surface area contributed by atoms with Crippen molar-refractivity contribution >= 4 is 17.7 Å². The summed E-state index contributed by atoms with van der Waals surface area (Å²) in [7, 11) is 1.73. The quantitative estimate of drug-likeness (QED) is 0.683. The van der Waals surface area contributed by atoms with Gasteiger partial charge >= 0.3 is 0 Å². The highest BCUT2D eigenvalue weighted by atomic mass is 32.2. The highest BCUT2D eigenvalue weighted by Crippen LogP contribution is 2.28. The van der Waals surface area contributed by atoms with Gasteiger partial charge in [0.1, 0.15) is 0 Å². The smallest absolute Gasteiger partial charge is 0.250 e. The van der Waals surface area contributed by atoms with E-state index in [9.17, 15) is 9.59 Å². The van der Waals surface area contributed by atoms with Crippen LogP contribution in [0.15, 0.2) is 17.2 Å². The summed E-state index contributed by atoms with van der Waals surface area (Å²) in [5.41, 5.74) is 0.354. The lowest BCUT2D eigenvalue weighted by Gasteiger charge is -2.38. The highest BCUT2D eigenvalue weighted by Gasteiger charge is 2.35. The van der Waals surface area contributed by atoms with Crippen molar-refractivity contribution in [2.45, 2.75) is 56.8 Å². The Bertz CT molecular complexity index is 647. The number of thioether (sulfide) groups is 1. The second kappa shape index (κ2) is 9.53. The van der Waals surface area contributed by atoms with Crippen molar-refractivity contribution in [2.75, 3.05) is 18.6 Å². The van der Waals surface area contributed by atoms with Crippen molar-refractivity contribution in [3.05, 3.63) is 28.4 Å². The SMILES string of the molecule is CO[C@@H]1C[C@@H](C(=O)NCc2cc(=O)[nH]cn2)CC[C@H]1NC1CCSCC1. The molecule has 1 aliphatic carbocycles. The van der Waals surface area contributed by atoms with E-state index in [1.807, 2.05) is 11.8 Å². The fourth-order valence-corrected chi connectivity index (χ4v) is 4.92. The maximum absolute atomic E-state index is 12.5. The Morgan fingerprint density at radius 1 is 1.35 bits per heavy atom. The van der Waals surface area contributed by atoms with Gasteiger partial charge < -0.3 is 20.4 Å². The number of carbonyl (C=O) groups excluding carboxylic acids is 1. The van der Waals surface area contributed by atoms with Crippen LogP contribution in [0.5, 0.6) is 0 Å². The fourth-order valence-electron chi connectivity index (χ4n) is 3.81. The Labute approximate surface area is 158 Å². The predicted molar refractivity (Wildman–Crippen MR) is 102 cm³/mol. The minimum atomic E-state index is -0.212. The molecule has 0 radical (unpaired) electrons. The normalized spacial score (nSPS) is 27.2. The van der Waals surface area contributed by atoms with E-state index < -0.39 is 0 Å². The van der Waals surface area contributed by atoms with Crippen molar-refractivity contribution in [1.29, 1.82) is 0 Å².